The van der Waals surface area contributed by atoms with Crippen molar-refractivity contribution in [1.29, 1.82) is 0 Å². The van der Waals surface area contributed by atoms with Crippen LogP contribution in [0.1, 0.15) is 17.5 Å². The van der Waals surface area contributed by atoms with E-state index < -0.39 is 0 Å². The van der Waals surface area contributed by atoms with Crippen molar-refractivity contribution in [2.24, 2.45) is 0 Å². The van der Waals surface area contributed by atoms with Gasteiger partial charge >= 0.3 is 0 Å². The highest BCUT2D eigenvalue weighted by Crippen LogP contribution is 2.27. The molecular formula is C15H18BrN3. The number of anilines is 2. The number of rotatable bonds is 5. The van der Waals surface area contributed by atoms with Crippen LogP contribution in [-0.4, -0.2) is 11.5 Å². The Labute approximate surface area is 122 Å². The molecule has 0 unspecified atom stereocenters. The van der Waals surface area contributed by atoms with Gasteiger partial charge in [0.05, 0.1) is 16.4 Å². The van der Waals surface area contributed by atoms with Crippen molar-refractivity contribution in [2.75, 3.05) is 17.6 Å². The van der Waals surface area contributed by atoms with Gasteiger partial charge in [-0.2, -0.15) is 0 Å². The second kappa shape index (κ2) is 6.57. The minimum Gasteiger partial charge on any atom is -0.397 e. The first-order chi connectivity index (χ1) is 9.18. The summed E-state index contributed by atoms with van der Waals surface area (Å²) in [4.78, 5) is 4.30. The van der Waals surface area contributed by atoms with Gasteiger partial charge in [-0.3, -0.25) is 0 Å². The number of aromatic nitrogens is 1. The van der Waals surface area contributed by atoms with Crippen LogP contribution in [0.3, 0.4) is 0 Å². The molecule has 2 aromatic rings. The van der Waals surface area contributed by atoms with E-state index in [-0.39, 0.29) is 0 Å². The number of nitrogens with two attached hydrogens (primary N) is 1. The molecule has 19 heavy (non-hydrogen) atoms. The highest BCUT2D eigenvalue weighted by atomic mass is 79.9. The zero-order valence-electron chi connectivity index (χ0n) is 11.0. The van der Waals surface area contributed by atoms with Crippen LogP contribution in [0.15, 0.2) is 41.0 Å². The lowest BCUT2D eigenvalue weighted by atomic mass is 10.1. The monoisotopic (exact) mass is 319 g/mol. The summed E-state index contributed by atoms with van der Waals surface area (Å²) >= 11 is 3.52. The summed E-state index contributed by atoms with van der Waals surface area (Å²) in [6.07, 6.45) is 3.83. The number of halogens is 1. The van der Waals surface area contributed by atoms with Gasteiger partial charge in [-0.05, 0) is 46.8 Å². The Kier molecular flexibility index (Phi) is 4.80. The Morgan fingerprint density at radius 2 is 2.00 bits per heavy atom. The van der Waals surface area contributed by atoms with Crippen molar-refractivity contribution >= 4 is 27.4 Å². The van der Waals surface area contributed by atoms with Crippen molar-refractivity contribution in [1.82, 2.24) is 4.98 Å². The van der Waals surface area contributed by atoms with Gasteiger partial charge in [-0.15, -0.1) is 0 Å². The predicted octanol–water partition coefficient (Wildman–Crippen LogP) is 3.78. The average molecular weight is 320 g/mol. The largest absolute Gasteiger partial charge is 0.397 e. The number of benzene rings is 1. The summed E-state index contributed by atoms with van der Waals surface area (Å²) in [5.74, 6) is 0.861. The van der Waals surface area contributed by atoms with Gasteiger partial charge < -0.3 is 11.1 Å². The first-order valence-corrected chi connectivity index (χ1v) is 7.16. The Balaban J connectivity index is 1.85. The van der Waals surface area contributed by atoms with Crippen LogP contribution in [0.5, 0.6) is 0 Å². The molecule has 0 aliphatic heterocycles. The Morgan fingerprint density at radius 3 is 2.74 bits per heavy atom. The van der Waals surface area contributed by atoms with Gasteiger partial charge in [0.15, 0.2) is 0 Å². The molecule has 0 aliphatic rings. The van der Waals surface area contributed by atoms with Gasteiger partial charge in [-0.1, -0.05) is 30.3 Å². The number of hydrogen-bond donors (Lipinski definition) is 2. The van der Waals surface area contributed by atoms with Gasteiger partial charge in [0, 0.05) is 6.54 Å². The fourth-order valence-corrected chi connectivity index (χ4v) is 2.33. The van der Waals surface area contributed by atoms with E-state index in [0.29, 0.717) is 5.69 Å². The normalized spacial score (nSPS) is 10.4. The number of nitrogen functional groups attached to an aromatic ring is 1. The molecule has 2 rings (SSSR count). The molecule has 0 radical (unpaired) electrons. The fraction of sp³-hybridized carbons (Fsp3) is 0.267. The van der Waals surface area contributed by atoms with Gasteiger partial charge in [-0.25, -0.2) is 4.98 Å². The van der Waals surface area contributed by atoms with E-state index >= 15 is 0 Å². The maximum Gasteiger partial charge on any atom is 0.140 e. The molecule has 1 aromatic carbocycles. The van der Waals surface area contributed by atoms with Gasteiger partial charge in [0.1, 0.15) is 5.82 Å². The summed E-state index contributed by atoms with van der Waals surface area (Å²) in [5, 5.41) is 3.34. The van der Waals surface area contributed by atoms with Crippen molar-refractivity contribution in [3.05, 3.63) is 52.1 Å². The highest BCUT2D eigenvalue weighted by molar-refractivity contribution is 9.10. The lowest BCUT2D eigenvalue weighted by molar-refractivity contribution is 0.858. The highest BCUT2D eigenvalue weighted by Gasteiger charge is 2.06. The van der Waals surface area contributed by atoms with Crippen LogP contribution in [0.4, 0.5) is 11.5 Å². The molecule has 0 fully saturated rings. The molecule has 0 aliphatic carbocycles. The summed E-state index contributed by atoms with van der Waals surface area (Å²) < 4.78 is 0.951. The molecule has 4 heteroatoms. The standard InChI is InChI=1S/C15H18BrN3/c1-11-13(17)10-19-15(14(11)16)18-9-5-8-12-6-3-2-4-7-12/h2-4,6-7,10H,5,8-9,17H2,1H3,(H,18,19). The molecule has 0 bridgehead atoms. The zero-order valence-corrected chi connectivity index (χ0v) is 12.6. The molecule has 0 amide bonds. The molecule has 1 aromatic heterocycles. The summed E-state index contributed by atoms with van der Waals surface area (Å²) in [6.45, 7) is 2.88. The van der Waals surface area contributed by atoms with Crippen molar-refractivity contribution < 1.29 is 0 Å². The molecule has 3 nitrogen and oxygen atoms in total. The number of aryl methyl sites for hydroxylation is 1. The van der Waals surface area contributed by atoms with Crippen LogP contribution in [-0.2, 0) is 6.42 Å². The van der Waals surface area contributed by atoms with E-state index in [1.807, 2.05) is 13.0 Å². The first-order valence-electron chi connectivity index (χ1n) is 6.37. The van der Waals surface area contributed by atoms with Crippen LogP contribution in [0, 0.1) is 6.92 Å². The zero-order chi connectivity index (χ0) is 13.7. The van der Waals surface area contributed by atoms with Gasteiger partial charge in [0.25, 0.3) is 0 Å². The Hall–Kier alpha value is -1.55. The molecule has 3 N–H and O–H groups in total. The summed E-state index contributed by atoms with van der Waals surface area (Å²) in [6, 6.07) is 10.5. The van der Waals surface area contributed by atoms with Crippen molar-refractivity contribution in [2.45, 2.75) is 19.8 Å². The Bertz CT molecular complexity index is 541. The third kappa shape index (κ3) is 3.70. The van der Waals surface area contributed by atoms with E-state index in [4.69, 9.17) is 5.73 Å². The third-order valence-electron chi connectivity index (χ3n) is 3.08. The average Bonchev–Trinajstić information content (AvgIpc) is 2.44. The minimum absolute atomic E-state index is 0.710. The lowest BCUT2D eigenvalue weighted by Gasteiger charge is -2.10. The fourth-order valence-electron chi connectivity index (χ4n) is 1.86. The van der Waals surface area contributed by atoms with E-state index in [1.165, 1.54) is 5.56 Å². The van der Waals surface area contributed by atoms with Crippen LogP contribution >= 0.6 is 15.9 Å². The SMILES string of the molecule is Cc1c(N)cnc(NCCCc2ccccc2)c1Br. The molecule has 0 saturated carbocycles. The van der Waals surface area contributed by atoms with E-state index in [9.17, 15) is 0 Å². The van der Waals surface area contributed by atoms with Crippen molar-refractivity contribution in [3.8, 4) is 0 Å². The Morgan fingerprint density at radius 1 is 1.26 bits per heavy atom. The van der Waals surface area contributed by atoms with E-state index in [1.54, 1.807) is 6.20 Å². The quantitative estimate of drug-likeness (QED) is 0.824. The second-order valence-corrected chi connectivity index (χ2v) is 5.31. The predicted molar refractivity (Wildman–Crippen MR) is 84.3 cm³/mol. The minimum atomic E-state index is 0.710. The maximum absolute atomic E-state index is 5.80. The molecular weight excluding hydrogens is 302 g/mol. The maximum atomic E-state index is 5.80. The molecule has 0 saturated heterocycles. The van der Waals surface area contributed by atoms with Crippen LogP contribution in [0.2, 0.25) is 0 Å². The van der Waals surface area contributed by atoms with E-state index in [0.717, 1.165) is 35.2 Å². The smallest absolute Gasteiger partial charge is 0.140 e. The molecule has 1 heterocycles. The number of nitrogens with one attached hydrogen (secondary N) is 1. The molecule has 0 atom stereocenters. The van der Waals surface area contributed by atoms with Gasteiger partial charge in [0.2, 0.25) is 0 Å². The third-order valence-corrected chi connectivity index (χ3v) is 4.05. The summed E-state index contributed by atoms with van der Waals surface area (Å²) in [5.41, 5.74) is 8.90. The van der Waals surface area contributed by atoms with E-state index in [2.05, 4.69) is 50.5 Å². The topological polar surface area (TPSA) is 50.9 Å². The number of pyridine rings is 1. The molecule has 100 valence electrons. The van der Waals surface area contributed by atoms with Crippen LogP contribution in [0.25, 0.3) is 0 Å². The second-order valence-electron chi connectivity index (χ2n) is 4.52. The van der Waals surface area contributed by atoms with Crippen LogP contribution < -0.4 is 11.1 Å². The number of nitrogens with zero attached hydrogens (tertiary/aromatic N) is 1. The first kappa shape index (κ1) is 13.9. The lowest BCUT2D eigenvalue weighted by Crippen LogP contribution is -2.06. The molecule has 0 spiro atoms. The number of hydrogen-bond acceptors (Lipinski definition) is 3. The van der Waals surface area contributed by atoms with Crippen molar-refractivity contribution in [3.63, 3.8) is 0 Å². The summed E-state index contributed by atoms with van der Waals surface area (Å²) in [7, 11) is 0.